The molecular formula is C37H30N3O2Pt-. The molecule has 0 saturated carbocycles. The second kappa shape index (κ2) is 9.39. The molecule has 0 bridgehead atoms. The predicted molar refractivity (Wildman–Crippen MR) is 169 cm³/mol. The Morgan fingerprint density at radius 2 is 1.49 bits per heavy atom. The van der Waals surface area contributed by atoms with Crippen molar-refractivity contribution in [3.8, 4) is 39.8 Å². The summed E-state index contributed by atoms with van der Waals surface area (Å²) in [6.45, 7) is 9.30. The Morgan fingerprint density at radius 1 is 0.767 bits per heavy atom. The quantitative estimate of drug-likeness (QED) is 0.180. The molecule has 1 N–H and O–H groups in total. The summed E-state index contributed by atoms with van der Waals surface area (Å²) in [5.74, 6) is 0.782. The number of benzene rings is 4. The van der Waals surface area contributed by atoms with Crippen LogP contribution in [0.15, 0.2) is 89.5 Å². The molecule has 0 radical (unpaired) electrons. The van der Waals surface area contributed by atoms with E-state index in [0.29, 0.717) is 17.0 Å². The number of para-hydroxylation sites is 1. The van der Waals surface area contributed by atoms with Crippen molar-refractivity contribution < 1.29 is 30.6 Å². The summed E-state index contributed by atoms with van der Waals surface area (Å²) >= 11 is 0. The molecule has 216 valence electrons. The number of rotatable bonds is 2. The Morgan fingerprint density at radius 3 is 2.28 bits per heavy atom. The molecule has 43 heavy (non-hydrogen) atoms. The maximum Gasteiger partial charge on any atom is 0.144 e. The minimum absolute atomic E-state index is 0. The normalized spacial score (nSPS) is 14.9. The van der Waals surface area contributed by atoms with Crippen LogP contribution in [0.25, 0.3) is 66.7 Å². The molecule has 0 amide bonds. The van der Waals surface area contributed by atoms with Crippen LogP contribution in [0.4, 0.5) is 0 Å². The summed E-state index contributed by atoms with van der Waals surface area (Å²) in [7, 11) is 1.96. The van der Waals surface area contributed by atoms with E-state index < -0.39 is 0 Å². The third-order valence-electron chi connectivity index (χ3n) is 9.72. The van der Waals surface area contributed by atoms with Crippen LogP contribution in [-0.2, 0) is 38.9 Å². The summed E-state index contributed by atoms with van der Waals surface area (Å²) in [6.07, 6.45) is 2.00. The summed E-state index contributed by atoms with van der Waals surface area (Å²) in [5.41, 5.74) is 7.86. The van der Waals surface area contributed by atoms with Crippen molar-refractivity contribution >= 4 is 32.7 Å². The molecule has 1 aliphatic rings. The minimum atomic E-state index is -0.181. The Balaban J connectivity index is 0.00000300. The van der Waals surface area contributed by atoms with Gasteiger partial charge in [0.1, 0.15) is 28.4 Å². The zero-order valence-electron chi connectivity index (χ0n) is 24.6. The Labute approximate surface area is 264 Å². The van der Waals surface area contributed by atoms with Crippen LogP contribution in [-0.4, -0.2) is 19.6 Å². The molecule has 0 fully saturated rings. The molecule has 0 atom stereocenters. The zero-order chi connectivity index (χ0) is 29.0. The Hall–Kier alpha value is -4.21. The van der Waals surface area contributed by atoms with E-state index in [1.165, 1.54) is 16.5 Å². The molecule has 5 nitrogen and oxygen atoms in total. The van der Waals surface area contributed by atoms with Crippen LogP contribution in [0.1, 0.15) is 38.8 Å². The first-order valence-corrected chi connectivity index (χ1v) is 14.3. The van der Waals surface area contributed by atoms with Crippen molar-refractivity contribution in [3.63, 3.8) is 0 Å². The molecular weight excluding hydrogens is 714 g/mol. The van der Waals surface area contributed by atoms with E-state index >= 15 is 0 Å². The number of phenolic OH excluding ortho intramolecular Hbond substituents is 1. The number of aromatic hydroxyl groups is 1. The first kappa shape index (κ1) is 27.6. The average molecular weight is 744 g/mol. The van der Waals surface area contributed by atoms with Gasteiger partial charge in [-0.2, -0.15) is 0 Å². The maximum atomic E-state index is 11.1. The fraction of sp³-hybridized carbons (Fsp3) is 0.189. The van der Waals surface area contributed by atoms with Gasteiger partial charge in [-0.15, -0.1) is 35.4 Å². The fourth-order valence-corrected chi connectivity index (χ4v) is 6.85. The second-order valence-corrected chi connectivity index (χ2v) is 12.5. The molecule has 7 aromatic rings. The predicted octanol–water partition coefficient (Wildman–Crippen LogP) is 8.94. The SMILES string of the molecule is Cn1cc(-c2nc3c(c4ccccc24)C(C)(C)C(C)(C)c2ccc[c-]c2-3)nc1-c1cc2c(cc1O)oc1ccccc12.[Pt]. The van der Waals surface area contributed by atoms with E-state index in [0.717, 1.165) is 44.4 Å². The summed E-state index contributed by atoms with van der Waals surface area (Å²) in [4.78, 5) is 10.5. The molecule has 3 heterocycles. The first-order chi connectivity index (χ1) is 20.2. The van der Waals surface area contributed by atoms with Gasteiger partial charge in [-0.3, -0.25) is 4.98 Å². The van der Waals surface area contributed by atoms with Crippen LogP contribution in [0.3, 0.4) is 0 Å². The second-order valence-electron chi connectivity index (χ2n) is 12.5. The molecule has 8 rings (SSSR count). The first-order valence-electron chi connectivity index (χ1n) is 14.3. The van der Waals surface area contributed by atoms with Gasteiger partial charge < -0.3 is 14.1 Å². The number of imidazole rings is 1. The smallest absolute Gasteiger partial charge is 0.144 e. The van der Waals surface area contributed by atoms with Gasteiger partial charge in [0.05, 0.1) is 11.3 Å². The van der Waals surface area contributed by atoms with Crippen LogP contribution in [0, 0.1) is 6.07 Å². The van der Waals surface area contributed by atoms with E-state index in [9.17, 15) is 5.11 Å². The summed E-state index contributed by atoms with van der Waals surface area (Å²) < 4.78 is 7.95. The number of hydrogen-bond donors (Lipinski definition) is 1. The molecule has 0 saturated heterocycles. The Bertz CT molecular complexity index is 2240. The molecule has 3 aromatic heterocycles. The van der Waals surface area contributed by atoms with Gasteiger partial charge in [-0.05, 0) is 34.0 Å². The number of pyridine rings is 1. The number of hydrogen-bond acceptors (Lipinski definition) is 4. The number of nitrogens with zero attached hydrogens (tertiary/aromatic N) is 3. The molecule has 1 aliphatic carbocycles. The maximum absolute atomic E-state index is 11.1. The number of aromatic nitrogens is 3. The van der Waals surface area contributed by atoms with Crippen LogP contribution in [0.5, 0.6) is 5.75 Å². The van der Waals surface area contributed by atoms with Crippen molar-refractivity contribution in [3.05, 3.63) is 102 Å². The van der Waals surface area contributed by atoms with E-state index in [4.69, 9.17) is 14.4 Å². The molecule has 0 unspecified atom stereocenters. The largest absolute Gasteiger partial charge is 0.507 e. The topological polar surface area (TPSA) is 64.1 Å². The third kappa shape index (κ3) is 3.74. The van der Waals surface area contributed by atoms with E-state index in [1.54, 1.807) is 6.07 Å². The van der Waals surface area contributed by atoms with Gasteiger partial charge in [0.15, 0.2) is 0 Å². The van der Waals surface area contributed by atoms with Crippen molar-refractivity contribution in [2.45, 2.75) is 38.5 Å². The van der Waals surface area contributed by atoms with E-state index in [-0.39, 0.29) is 37.6 Å². The number of aryl methyl sites for hydroxylation is 1. The van der Waals surface area contributed by atoms with Crippen LogP contribution < -0.4 is 0 Å². The van der Waals surface area contributed by atoms with Gasteiger partial charge in [0, 0.05) is 56.5 Å². The van der Waals surface area contributed by atoms with E-state index in [2.05, 4.69) is 70.2 Å². The van der Waals surface area contributed by atoms with Gasteiger partial charge >= 0.3 is 0 Å². The van der Waals surface area contributed by atoms with Crippen molar-refractivity contribution in [1.29, 1.82) is 0 Å². The summed E-state index contributed by atoms with van der Waals surface area (Å²) in [6, 6.07) is 29.9. The minimum Gasteiger partial charge on any atom is -0.507 e. The molecule has 0 aliphatic heterocycles. The zero-order valence-corrected chi connectivity index (χ0v) is 26.9. The number of phenols is 1. The molecule has 6 heteroatoms. The number of fused-ring (bicyclic) bond motifs is 8. The molecule has 0 spiro atoms. The Kier molecular flexibility index (Phi) is 6.03. The van der Waals surface area contributed by atoms with Crippen molar-refractivity contribution in [2.24, 2.45) is 7.05 Å². The molecule has 4 aromatic carbocycles. The van der Waals surface area contributed by atoms with Crippen LogP contribution in [0.2, 0.25) is 0 Å². The van der Waals surface area contributed by atoms with Crippen LogP contribution >= 0.6 is 0 Å². The third-order valence-corrected chi connectivity index (χ3v) is 9.72. The van der Waals surface area contributed by atoms with E-state index in [1.807, 2.05) is 54.2 Å². The standard InChI is InChI=1S/C37H30N3O2.Pt/c1-36(2)27-16-10-8-15-24(27)34-32(37(36,3)4)22-13-6-7-14-23(22)33(39-34)28-20-40(5)35(38-28)26-18-25-21-12-9-11-17-30(21)42-31(25)19-29(26)41;/h6-14,16-20,41H,1-5H3;/q-1;. The van der Waals surface area contributed by atoms with Gasteiger partial charge in [0.25, 0.3) is 0 Å². The van der Waals surface area contributed by atoms with Gasteiger partial charge in [0.2, 0.25) is 0 Å². The average Bonchev–Trinajstić information content (AvgIpc) is 3.54. The number of furan rings is 1. The van der Waals surface area contributed by atoms with Crippen molar-refractivity contribution in [1.82, 2.24) is 14.5 Å². The van der Waals surface area contributed by atoms with Crippen molar-refractivity contribution in [2.75, 3.05) is 0 Å². The fourth-order valence-electron chi connectivity index (χ4n) is 6.85. The van der Waals surface area contributed by atoms with Gasteiger partial charge in [-0.1, -0.05) is 75.7 Å². The monoisotopic (exact) mass is 743 g/mol. The van der Waals surface area contributed by atoms with Gasteiger partial charge in [-0.25, -0.2) is 4.98 Å². The summed E-state index contributed by atoms with van der Waals surface area (Å²) in [5, 5.41) is 15.3.